The topological polar surface area (TPSA) is 84.9 Å². The number of nitrogens with zero attached hydrogens (tertiary/aromatic N) is 1. The summed E-state index contributed by atoms with van der Waals surface area (Å²) in [5.41, 5.74) is 0.873. The van der Waals surface area contributed by atoms with Gasteiger partial charge in [0, 0.05) is 24.2 Å². The van der Waals surface area contributed by atoms with E-state index in [-0.39, 0.29) is 17.4 Å². The van der Waals surface area contributed by atoms with Gasteiger partial charge in [-0.2, -0.15) is 4.31 Å². The molecule has 30 heavy (non-hydrogen) atoms. The van der Waals surface area contributed by atoms with Gasteiger partial charge in [-0.25, -0.2) is 8.42 Å². The number of carbonyl (C=O) groups excluding carboxylic acids is 1. The third-order valence-corrected chi connectivity index (χ3v) is 6.56. The fraction of sp³-hybridized carbons (Fsp3) is 0.286. The lowest BCUT2D eigenvalue weighted by atomic mass is 10.2. The molecule has 2 aromatic carbocycles. The number of sulfonamides is 1. The minimum Gasteiger partial charge on any atom is -0.492 e. The number of hydrogen-bond donors (Lipinski definition) is 1. The van der Waals surface area contributed by atoms with Crippen molar-refractivity contribution in [1.29, 1.82) is 0 Å². The summed E-state index contributed by atoms with van der Waals surface area (Å²) in [6.45, 7) is 2.09. The Morgan fingerprint density at radius 3 is 2.43 bits per heavy atom. The van der Waals surface area contributed by atoms with E-state index < -0.39 is 10.0 Å². The lowest BCUT2D eigenvalue weighted by molar-refractivity contribution is -0.116. The first-order valence-corrected chi connectivity index (χ1v) is 11.3. The Kier molecular flexibility index (Phi) is 7.87. The van der Waals surface area contributed by atoms with Gasteiger partial charge in [-0.15, -0.1) is 0 Å². The maximum atomic E-state index is 12.6. The second-order valence-corrected chi connectivity index (χ2v) is 8.89. The maximum Gasteiger partial charge on any atom is 0.244 e. The summed E-state index contributed by atoms with van der Waals surface area (Å²) in [4.78, 5) is 12.1. The minimum atomic E-state index is -3.52. The van der Waals surface area contributed by atoms with Crippen LogP contribution in [0.3, 0.4) is 0 Å². The number of carbonyl (C=O) groups is 1. The summed E-state index contributed by atoms with van der Waals surface area (Å²) in [7, 11) is -3.52. The Hall–Kier alpha value is -2.39. The highest BCUT2D eigenvalue weighted by molar-refractivity contribution is 7.89. The van der Waals surface area contributed by atoms with Crippen LogP contribution in [-0.4, -0.2) is 58.1 Å². The highest BCUT2D eigenvalue weighted by atomic mass is 35.5. The van der Waals surface area contributed by atoms with Gasteiger partial charge in [0.2, 0.25) is 15.9 Å². The molecule has 1 amide bonds. The van der Waals surface area contributed by atoms with E-state index in [9.17, 15) is 13.2 Å². The summed E-state index contributed by atoms with van der Waals surface area (Å²) in [5, 5.41) is 3.36. The van der Waals surface area contributed by atoms with Crippen LogP contribution in [0.1, 0.15) is 5.56 Å². The second-order valence-electron chi connectivity index (χ2n) is 6.51. The van der Waals surface area contributed by atoms with Crippen LogP contribution in [-0.2, 0) is 19.6 Å². The van der Waals surface area contributed by atoms with Gasteiger partial charge in [0.05, 0.1) is 24.7 Å². The van der Waals surface area contributed by atoms with Crippen molar-refractivity contribution in [3.8, 4) is 5.75 Å². The van der Waals surface area contributed by atoms with Crippen molar-refractivity contribution < 1.29 is 22.7 Å². The van der Waals surface area contributed by atoms with Crippen molar-refractivity contribution in [2.75, 3.05) is 39.5 Å². The summed E-state index contributed by atoms with van der Waals surface area (Å²) in [6.07, 6.45) is 3.13. The summed E-state index contributed by atoms with van der Waals surface area (Å²) < 4.78 is 37.3. The van der Waals surface area contributed by atoms with E-state index in [2.05, 4.69) is 5.32 Å². The molecule has 0 saturated carbocycles. The third-order valence-electron chi connectivity index (χ3n) is 4.40. The van der Waals surface area contributed by atoms with Crippen LogP contribution in [0.4, 0.5) is 0 Å². The SMILES string of the molecule is O=C(/C=C/c1ccc(Cl)cc1)NCCOc1ccc(S(=O)(=O)N2CCOCC2)cc1. The van der Waals surface area contributed by atoms with Crippen LogP contribution < -0.4 is 10.1 Å². The molecule has 1 saturated heterocycles. The molecule has 2 aromatic rings. The normalized spacial score (nSPS) is 15.2. The zero-order valence-electron chi connectivity index (χ0n) is 16.3. The fourth-order valence-corrected chi connectivity index (χ4v) is 4.33. The van der Waals surface area contributed by atoms with E-state index in [0.717, 1.165) is 5.56 Å². The van der Waals surface area contributed by atoms with Crippen LogP contribution in [0.15, 0.2) is 59.5 Å². The lowest BCUT2D eigenvalue weighted by Crippen LogP contribution is -2.40. The average molecular weight is 451 g/mol. The Morgan fingerprint density at radius 1 is 1.10 bits per heavy atom. The second kappa shape index (κ2) is 10.6. The summed E-state index contributed by atoms with van der Waals surface area (Å²) >= 11 is 5.82. The molecule has 1 aliphatic heterocycles. The molecule has 0 spiro atoms. The summed E-state index contributed by atoms with van der Waals surface area (Å²) in [6, 6.07) is 13.4. The van der Waals surface area contributed by atoms with Gasteiger partial charge in [-0.05, 0) is 48.0 Å². The van der Waals surface area contributed by atoms with Crippen molar-refractivity contribution >= 4 is 33.6 Å². The maximum absolute atomic E-state index is 12.6. The molecule has 3 rings (SSSR count). The molecule has 0 unspecified atom stereocenters. The van der Waals surface area contributed by atoms with Crippen LogP contribution in [0.5, 0.6) is 5.75 Å². The van der Waals surface area contributed by atoms with Crippen molar-refractivity contribution in [2.45, 2.75) is 4.90 Å². The highest BCUT2D eigenvalue weighted by Gasteiger charge is 2.26. The Bertz CT molecular complexity index is 969. The van der Waals surface area contributed by atoms with Gasteiger partial charge in [0.15, 0.2) is 0 Å². The highest BCUT2D eigenvalue weighted by Crippen LogP contribution is 2.20. The van der Waals surface area contributed by atoms with Crippen molar-refractivity contribution in [3.63, 3.8) is 0 Å². The molecule has 1 fully saturated rings. The Morgan fingerprint density at radius 2 is 1.77 bits per heavy atom. The molecular formula is C21H23ClN2O5S. The van der Waals surface area contributed by atoms with Crippen molar-refractivity contribution in [3.05, 3.63) is 65.2 Å². The quantitative estimate of drug-likeness (QED) is 0.493. The largest absolute Gasteiger partial charge is 0.492 e. The Labute approximate surface area is 181 Å². The van der Waals surface area contributed by atoms with E-state index in [1.807, 2.05) is 12.1 Å². The van der Waals surface area contributed by atoms with E-state index in [1.54, 1.807) is 30.3 Å². The third kappa shape index (κ3) is 6.30. The van der Waals surface area contributed by atoms with E-state index in [1.165, 1.54) is 22.5 Å². The molecule has 7 nitrogen and oxygen atoms in total. The first-order valence-electron chi connectivity index (χ1n) is 9.47. The van der Waals surface area contributed by atoms with Crippen LogP contribution >= 0.6 is 11.6 Å². The smallest absolute Gasteiger partial charge is 0.244 e. The van der Waals surface area contributed by atoms with Gasteiger partial charge >= 0.3 is 0 Å². The molecule has 0 aromatic heterocycles. The standard InChI is InChI=1S/C21H23ClN2O5S/c22-18-4-1-17(2-5-18)3-10-21(25)23-11-14-29-19-6-8-20(9-7-19)30(26,27)24-12-15-28-16-13-24/h1-10H,11-16H2,(H,23,25)/b10-3+. The molecule has 9 heteroatoms. The molecule has 0 radical (unpaired) electrons. The van der Waals surface area contributed by atoms with Crippen molar-refractivity contribution in [2.24, 2.45) is 0 Å². The first-order chi connectivity index (χ1) is 14.4. The fourth-order valence-electron chi connectivity index (χ4n) is 2.79. The minimum absolute atomic E-state index is 0.220. The predicted molar refractivity (Wildman–Crippen MR) is 115 cm³/mol. The average Bonchev–Trinajstić information content (AvgIpc) is 2.77. The molecule has 0 atom stereocenters. The van der Waals surface area contributed by atoms with Crippen LogP contribution in [0.25, 0.3) is 6.08 Å². The number of halogens is 1. The predicted octanol–water partition coefficient (Wildman–Crippen LogP) is 2.57. The number of hydrogen-bond acceptors (Lipinski definition) is 5. The number of amides is 1. The van der Waals surface area contributed by atoms with E-state index in [0.29, 0.717) is 43.6 Å². The molecule has 0 aliphatic carbocycles. The molecular weight excluding hydrogens is 428 g/mol. The number of nitrogens with one attached hydrogen (secondary N) is 1. The van der Waals surface area contributed by atoms with Gasteiger partial charge in [-0.3, -0.25) is 4.79 Å². The van der Waals surface area contributed by atoms with Gasteiger partial charge in [0.25, 0.3) is 0 Å². The molecule has 0 bridgehead atoms. The molecule has 160 valence electrons. The van der Waals surface area contributed by atoms with Crippen molar-refractivity contribution in [1.82, 2.24) is 9.62 Å². The zero-order chi connectivity index (χ0) is 21.4. The number of rotatable bonds is 8. The lowest BCUT2D eigenvalue weighted by Gasteiger charge is -2.26. The van der Waals surface area contributed by atoms with E-state index in [4.69, 9.17) is 21.1 Å². The van der Waals surface area contributed by atoms with Crippen LogP contribution in [0, 0.1) is 0 Å². The summed E-state index contributed by atoms with van der Waals surface area (Å²) in [5.74, 6) is 0.294. The van der Waals surface area contributed by atoms with Gasteiger partial charge in [0.1, 0.15) is 12.4 Å². The molecule has 1 N–H and O–H groups in total. The number of benzene rings is 2. The molecule has 1 heterocycles. The number of ether oxygens (including phenoxy) is 2. The van der Waals surface area contributed by atoms with Crippen LogP contribution in [0.2, 0.25) is 5.02 Å². The molecule has 1 aliphatic rings. The zero-order valence-corrected chi connectivity index (χ0v) is 17.9. The van der Waals surface area contributed by atoms with E-state index >= 15 is 0 Å². The van der Waals surface area contributed by atoms with Gasteiger partial charge in [-0.1, -0.05) is 23.7 Å². The van der Waals surface area contributed by atoms with Gasteiger partial charge < -0.3 is 14.8 Å². The Balaban J connectivity index is 1.43. The number of morpholine rings is 1. The monoisotopic (exact) mass is 450 g/mol. The first kappa shape index (κ1) is 22.3.